The highest BCUT2D eigenvalue weighted by atomic mass is 19.1. The number of phenolic OH excluding ortho intramolecular Hbond substituents is 1. The number of aromatic hydroxyl groups is 1. The number of carbonyl (C=O) groups is 2. The van der Waals surface area contributed by atoms with Crippen molar-refractivity contribution >= 4 is 23.8 Å². The number of aromatic nitrogens is 1. The van der Waals surface area contributed by atoms with Crippen LogP contribution in [0.25, 0.3) is 0 Å². The number of ether oxygens (including phenoxy) is 2. The standard InChI is InChI=1S/C35H32F3N3O5/c1-4-35(2,3)17-27-33(46-20-42)32(24-14-13-23(16-25(24)37)45-19-21-9-6-5-7-10-21)41(28-11-8-12-29(43)31(28)40-27)34(44)30-26(38)15-22(36)18-39-30/h5-16,18,20,32,40,43H,4,17,19H2,1-3H3. The molecule has 1 unspecified atom stereocenters. The number of anilines is 2. The molecule has 1 aliphatic rings. The molecule has 46 heavy (non-hydrogen) atoms. The zero-order valence-corrected chi connectivity index (χ0v) is 25.4. The van der Waals surface area contributed by atoms with E-state index in [2.05, 4.69) is 10.3 Å². The van der Waals surface area contributed by atoms with Gasteiger partial charge in [-0.05, 0) is 41.7 Å². The number of para-hydroxylation sites is 1. The fourth-order valence-electron chi connectivity index (χ4n) is 5.17. The molecule has 3 aromatic carbocycles. The molecular weight excluding hydrogens is 599 g/mol. The molecule has 0 saturated heterocycles. The molecular formula is C35H32F3N3O5. The Balaban J connectivity index is 1.73. The van der Waals surface area contributed by atoms with Gasteiger partial charge in [-0.25, -0.2) is 18.2 Å². The molecule has 5 rings (SSSR count). The van der Waals surface area contributed by atoms with E-state index in [0.29, 0.717) is 18.7 Å². The number of rotatable bonds is 10. The van der Waals surface area contributed by atoms with Gasteiger partial charge < -0.3 is 19.9 Å². The van der Waals surface area contributed by atoms with Gasteiger partial charge in [0.1, 0.15) is 41.5 Å². The number of halogens is 3. The third-order valence-electron chi connectivity index (χ3n) is 7.89. The molecule has 0 radical (unpaired) electrons. The summed E-state index contributed by atoms with van der Waals surface area (Å²) in [6.07, 6.45) is 1.60. The van der Waals surface area contributed by atoms with Crippen LogP contribution in [0.2, 0.25) is 0 Å². The van der Waals surface area contributed by atoms with Crippen LogP contribution in [0.15, 0.2) is 90.4 Å². The van der Waals surface area contributed by atoms with Crippen LogP contribution in [0, 0.1) is 22.9 Å². The molecule has 8 nitrogen and oxygen atoms in total. The summed E-state index contributed by atoms with van der Waals surface area (Å²) < 4.78 is 56.5. The Kier molecular flexibility index (Phi) is 9.31. The van der Waals surface area contributed by atoms with Crippen LogP contribution < -0.4 is 15.0 Å². The molecule has 11 heteroatoms. The van der Waals surface area contributed by atoms with Crippen molar-refractivity contribution in [3.05, 3.63) is 125 Å². The maximum absolute atomic E-state index is 16.3. The molecule has 0 spiro atoms. The smallest absolute Gasteiger partial charge is 0.298 e. The summed E-state index contributed by atoms with van der Waals surface area (Å²) >= 11 is 0. The van der Waals surface area contributed by atoms with E-state index in [1.54, 1.807) is 0 Å². The van der Waals surface area contributed by atoms with E-state index in [9.17, 15) is 19.1 Å². The minimum Gasteiger partial charge on any atom is -0.506 e. The summed E-state index contributed by atoms with van der Waals surface area (Å²) in [5.41, 5.74) is -0.142. The van der Waals surface area contributed by atoms with Crippen molar-refractivity contribution in [1.82, 2.24) is 4.98 Å². The third-order valence-corrected chi connectivity index (χ3v) is 7.89. The van der Waals surface area contributed by atoms with Gasteiger partial charge in [-0.1, -0.05) is 63.6 Å². The van der Waals surface area contributed by atoms with Crippen LogP contribution in [0.5, 0.6) is 11.5 Å². The molecule has 2 heterocycles. The number of hydrogen-bond acceptors (Lipinski definition) is 7. The van der Waals surface area contributed by atoms with Gasteiger partial charge in [0.25, 0.3) is 12.4 Å². The number of benzene rings is 3. The summed E-state index contributed by atoms with van der Waals surface area (Å²) in [6.45, 7) is 6.20. The Morgan fingerprint density at radius 3 is 2.48 bits per heavy atom. The number of amides is 1. The van der Waals surface area contributed by atoms with Gasteiger partial charge in [0.2, 0.25) is 0 Å². The second-order valence-corrected chi connectivity index (χ2v) is 11.6. The van der Waals surface area contributed by atoms with E-state index in [-0.39, 0.29) is 59.4 Å². The van der Waals surface area contributed by atoms with Crippen LogP contribution in [0.4, 0.5) is 24.5 Å². The van der Waals surface area contributed by atoms with E-state index in [0.717, 1.165) is 16.5 Å². The second kappa shape index (κ2) is 13.4. The fraction of sp³-hybridized carbons (Fsp3) is 0.229. The first-order valence-electron chi connectivity index (χ1n) is 14.6. The highest BCUT2D eigenvalue weighted by Gasteiger charge is 2.41. The third kappa shape index (κ3) is 6.68. The number of hydrogen-bond donors (Lipinski definition) is 2. The average Bonchev–Trinajstić information content (AvgIpc) is 3.15. The number of fused-ring (bicyclic) bond motifs is 1. The number of carbonyl (C=O) groups excluding carboxylic acids is 2. The highest BCUT2D eigenvalue weighted by molar-refractivity contribution is 6.08. The summed E-state index contributed by atoms with van der Waals surface area (Å²) in [4.78, 5) is 30.9. The maximum atomic E-state index is 16.3. The highest BCUT2D eigenvalue weighted by Crippen LogP contribution is 2.48. The minimum absolute atomic E-state index is 0.000586. The molecule has 1 amide bonds. The van der Waals surface area contributed by atoms with Crippen molar-refractivity contribution in [3.8, 4) is 11.5 Å². The monoisotopic (exact) mass is 631 g/mol. The molecule has 1 atom stereocenters. The van der Waals surface area contributed by atoms with Crippen LogP contribution in [0.3, 0.4) is 0 Å². The Morgan fingerprint density at radius 2 is 1.80 bits per heavy atom. The summed E-state index contributed by atoms with van der Waals surface area (Å²) in [6, 6.07) is 16.5. The van der Waals surface area contributed by atoms with Gasteiger partial charge >= 0.3 is 0 Å². The Morgan fingerprint density at radius 1 is 1.04 bits per heavy atom. The Hall–Kier alpha value is -5.32. The Labute approximate surface area is 264 Å². The number of nitrogens with zero attached hydrogens (tertiary/aromatic N) is 2. The van der Waals surface area contributed by atoms with Crippen LogP contribution in [-0.2, 0) is 16.1 Å². The molecule has 1 aromatic heterocycles. The lowest BCUT2D eigenvalue weighted by Gasteiger charge is -2.33. The van der Waals surface area contributed by atoms with Gasteiger partial charge in [0.15, 0.2) is 17.3 Å². The summed E-state index contributed by atoms with van der Waals surface area (Å²) in [5, 5.41) is 14.1. The molecule has 1 aliphatic heterocycles. The van der Waals surface area contributed by atoms with Gasteiger partial charge in [-0.2, -0.15) is 0 Å². The van der Waals surface area contributed by atoms with Crippen molar-refractivity contribution in [3.63, 3.8) is 0 Å². The van der Waals surface area contributed by atoms with Gasteiger partial charge in [0.05, 0.1) is 17.6 Å². The lowest BCUT2D eigenvalue weighted by atomic mass is 9.84. The van der Waals surface area contributed by atoms with E-state index in [1.165, 1.54) is 30.3 Å². The number of nitrogens with one attached hydrogen (secondary N) is 1. The van der Waals surface area contributed by atoms with E-state index in [1.807, 2.05) is 51.1 Å². The van der Waals surface area contributed by atoms with Crippen molar-refractivity contribution in [2.45, 2.75) is 46.3 Å². The molecule has 4 aromatic rings. The van der Waals surface area contributed by atoms with E-state index >= 15 is 8.78 Å². The quantitative estimate of drug-likeness (QED) is 0.136. The Bertz CT molecular complexity index is 1800. The topological polar surface area (TPSA) is 101 Å². The molecule has 0 aliphatic carbocycles. The SMILES string of the molecule is CCC(C)(C)CC1=C(OC=O)C(c2ccc(OCc3ccccc3)cc2F)N(C(=O)c2ncc(F)cc2F)c2cccc(O)c2N1. The summed E-state index contributed by atoms with van der Waals surface area (Å²) in [5.74, 6) is -4.47. The fourth-order valence-corrected chi connectivity index (χ4v) is 5.17. The van der Waals surface area contributed by atoms with Crippen molar-refractivity contribution < 1.29 is 37.3 Å². The number of allylic oxidation sites excluding steroid dienone is 1. The predicted molar refractivity (Wildman–Crippen MR) is 165 cm³/mol. The largest absolute Gasteiger partial charge is 0.506 e. The van der Waals surface area contributed by atoms with E-state index < -0.39 is 40.5 Å². The lowest BCUT2D eigenvalue weighted by molar-refractivity contribution is -0.125. The zero-order valence-electron chi connectivity index (χ0n) is 25.4. The molecule has 0 fully saturated rings. The molecule has 0 saturated carbocycles. The second-order valence-electron chi connectivity index (χ2n) is 11.6. The lowest BCUT2D eigenvalue weighted by Crippen LogP contribution is -2.38. The van der Waals surface area contributed by atoms with Gasteiger partial charge in [-0.15, -0.1) is 0 Å². The molecule has 238 valence electrons. The zero-order chi connectivity index (χ0) is 33.0. The summed E-state index contributed by atoms with van der Waals surface area (Å²) in [7, 11) is 0. The number of phenols is 1. The van der Waals surface area contributed by atoms with E-state index in [4.69, 9.17) is 9.47 Å². The molecule has 0 bridgehead atoms. The molecule has 2 N–H and O–H groups in total. The van der Waals surface area contributed by atoms with Crippen LogP contribution in [0.1, 0.15) is 61.3 Å². The van der Waals surface area contributed by atoms with Crippen molar-refractivity contribution in [2.75, 3.05) is 10.2 Å². The van der Waals surface area contributed by atoms with Crippen LogP contribution >= 0.6 is 0 Å². The first-order chi connectivity index (χ1) is 22.0. The van der Waals surface area contributed by atoms with Crippen LogP contribution in [-0.4, -0.2) is 22.5 Å². The minimum atomic E-state index is -1.52. The maximum Gasteiger partial charge on any atom is 0.298 e. The normalized spacial score (nSPS) is 14.7. The van der Waals surface area contributed by atoms with Gasteiger partial charge in [-0.3, -0.25) is 14.5 Å². The van der Waals surface area contributed by atoms with Gasteiger partial charge in [0, 0.05) is 17.7 Å². The number of pyridine rings is 1. The van der Waals surface area contributed by atoms with Crippen molar-refractivity contribution in [2.24, 2.45) is 5.41 Å². The first-order valence-corrected chi connectivity index (χ1v) is 14.6. The predicted octanol–water partition coefficient (Wildman–Crippen LogP) is 7.81. The average molecular weight is 632 g/mol. The first kappa shape index (κ1) is 32.1. The van der Waals surface area contributed by atoms with Crippen molar-refractivity contribution in [1.29, 1.82) is 0 Å².